The molecule has 0 unspecified atom stereocenters. The number of pyridine rings is 2. The Hall–Kier alpha value is -3.88. The first-order valence-electron chi connectivity index (χ1n) is 8.54. The van der Waals surface area contributed by atoms with Crippen LogP contribution in [0.4, 0.5) is 11.4 Å². The van der Waals surface area contributed by atoms with Crippen LogP contribution in [0.2, 0.25) is 0 Å². The van der Waals surface area contributed by atoms with Crippen LogP contribution in [0.25, 0.3) is 22.0 Å². The zero-order valence-corrected chi connectivity index (χ0v) is 15.0. The van der Waals surface area contributed by atoms with Crippen molar-refractivity contribution in [3.8, 4) is 0 Å². The maximum Gasteiger partial charge on any atom is 0.295 e. The van der Waals surface area contributed by atoms with Crippen LogP contribution < -0.4 is 5.32 Å². The third-order valence-corrected chi connectivity index (χ3v) is 4.36. The van der Waals surface area contributed by atoms with Gasteiger partial charge in [-0.1, -0.05) is 19.0 Å². The summed E-state index contributed by atoms with van der Waals surface area (Å²) in [5.74, 6) is -0.282. The van der Waals surface area contributed by atoms with Gasteiger partial charge in [0.05, 0.1) is 27.3 Å². The van der Waals surface area contributed by atoms with Gasteiger partial charge in [-0.3, -0.25) is 14.9 Å². The number of non-ortho nitro benzene ring substituents is 1. The molecule has 0 aliphatic heterocycles. The van der Waals surface area contributed by atoms with Gasteiger partial charge < -0.3 is 9.84 Å². The first kappa shape index (κ1) is 17.5. The van der Waals surface area contributed by atoms with Crippen molar-refractivity contribution in [2.24, 2.45) is 0 Å². The largest absolute Gasteiger partial charge is 0.336 e. The third kappa shape index (κ3) is 2.92. The summed E-state index contributed by atoms with van der Waals surface area (Å²) in [5, 5.41) is 19.2. The van der Waals surface area contributed by atoms with E-state index in [1.165, 1.54) is 24.5 Å². The van der Waals surface area contributed by atoms with E-state index in [1.54, 1.807) is 18.2 Å². The minimum Gasteiger partial charge on any atom is -0.336 e. The summed E-state index contributed by atoms with van der Waals surface area (Å²) in [7, 11) is 0. The van der Waals surface area contributed by atoms with E-state index in [-0.39, 0.29) is 17.1 Å². The molecular weight excluding hydrogens is 362 g/mol. The summed E-state index contributed by atoms with van der Waals surface area (Å²) in [5.41, 5.74) is 1.93. The normalized spacial score (nSPS) is 11.2. The van der Waals surface area contributed by atoms with Crippen molar-refractivity contribution >= 4 is 39.3 Å². The van der Waals surface area contributed by atoms with Crippen molar-refractivity contribution in [1.29, 1.82) is 0 Å². The van der Waals surface area contributed by atoms with Crippen LogP contribution in [-0.4, -0.2) is 26.0 Å². The molecule has 0 atom stereocenters. The van der Waals surface area contributed by atoms with Crippen molar-refractivity contribution in [3.63, 3.8) is 0 Å². The maximum absolute atomic E-state index is 12.8. The predicted molar refractivity (Wildman–Crippen MR) is 102 cm³/mol. The van der Waals surface area contributed by atoms with E-state index in [0.29, 0.717) is 27.7 Å². The minimum absolute atomic E-state index is 0.117. The second-order valence-corrected chi connectivity index (χ2v) is 6.54. The fraction of sp³-hybridized carbons (Fsp3) is 0.158. The molecule has 3 heterocycles. The third-order valence-electron chi connectivity index (χ3n) is 4.36. The zero-order valence-electron chi connectivity index (χ0n) is 15.0. The topological polar surface area (TPSA) is 124 Å². The Labute approximate surface area is 158 Å². The Kier molecular flexibility index (Phi) is 4.19. The highest BCUT2D eigenvalue weighted by atomic mass is 16.6. The number of hydrogen-bond acceptors (Lipinski definition) is 7. The van der Waals surface area contributed by atoms with Crippen LogP contribution in [-0.2, 0) is 0 Å². The Morgan fingerprint density at radius 2 is 2.04 bits per heavy atom. The molecule has 0 spiro atoms. The Balaban J connectivity index is 1.73. The molecule has 0 aliphatic rings. The highest BCUT2D eigenvalue weighted by molar-refractivity contribution is 6.10. The summed E-state index contributed by atoms with van der Waals surface area (Å²) in [6, 6.07) is 7.81. The first-order valence-corrected chi connectivity index (χ1v) is 8.54. The van der Waals surface area contributed by atoms with Gasteiger partial charge in [-0.05, 0) is 30.2 Å². The second kappa shape index (κ2) is 6.69. The van der Waals surface area contributed by atoms with E-state index in [0.717, 1.165) is 5.69 Å². The fourth-order valence-electron chi connectivity index (χ4n) is 3.00. The Morgan fingerprint density at radius 1 is 1.21 bits per heavy atom. The summed E-state index contributed by atoms with van der Waals surface area (Å²) in [4.78, 5) is 31.7. The van der Waals surface area contributed by atoms with Crippen LogP contribution in [0.5, 0.6) is 0 Å². The molecule has 140 valence electrons. The molecule has 0 fully saturated rings. The van der Waals surface area contributed by atoms with E-state index in [1.807, 2.05) is 13.8 Å². The average Bonchev–Trinajstić information content (AvgIpc) is 3.11. The number of nitrogens with one attached hydrogen (secondary N) is 1. The lowest BCUT2D eigenvalue weighted by atomic mass is 10.1. The molecule has 1 N–H and O–H groups in total. The standard InChI is InChI=1S/C19H15N5O4/c1-10(2)16-13-8-11(9-21-19(13)28-23-16)18(25)22-14-5-6-15(24(26)27)17-12(14)4-3-7-20-17/h3-10H,1-2H3,(H,22,25). The Morgan fingerprint density at radius 3 is 2.79 bits per heavy atom. The minimum atomic E-state index is -0.502. The highest BCUT2D eigenvalue weighted by Crippen LogP contribution is 2.30. The average molecular weight is 377 g/mol. The lowest BCUT2D eigenvalue weighted by Gasteiger charge is -2.09. The second-order valence-electron chi connectivity index (χ2n) is 6.54. The van der Waals surface area contributed by atoms with Crippen LogP contribution in [0.3, 0.4) is 0 Å². The number of rotatable bonds is 4. The number of amides is 1. The molecule has 0 aliphatic carbocycles. The molecule has 0 bridgehead atoms. The molecule has 4 rings (SSSR count). The van der Waals surface area contributed by atoms with Gasteiger partial charge >= 0.3 is 0 Å². The summed E-state index contributed by atoms with van der Waals surface area (Å²) < 4.78 is 5.19. The van der Waals surface area contributed by atoms with E-state index < -0.39 is 10.8 Å². The van der Waals surface area contributed by atoms with Gasteiger partial charge in [-0.25, -0.2) is 9.97 Å². The molecule has 3 aromatic heterocycles. The molecule has 4 aromatic rings. The van der Waals surface area contributed by atoms with Gasteiger partial charge in [0, 0.05) is 23.8 Å². The van der Waals surface area contributed by atoms with Crippen LogP contribution in [0, 0.1) is 10.1 Å². The first-order chi connectivity index (χ1) is 13.5. The van der Waals surface area contributed by atoms with E-state index in [9.17, 15) is 14.9 Å². The zero-order chi connectivity index (χ0) is 19.8. The number of nitrogens with zero attached hydrogens (tertiary/aromatic N) is 4. The van der Waals surface area contributed by atoms with Gasteiger partial charge in [0.15, 0.2) is 0 Å². The van der Waals surface area contributed by atoms with E-state index in [2.05, 4.69) is 20.4 Å². The quantitative estimate of drug-likeness (QED) is 0.420. The van der Waals surface area contributed by atoms with Crippen LogP contribution in [0.15, 0.2) is 47.2 Å². The van der Waals surface area contributed by atoms with Crippen LogP contribution in [0.1, 0.15) is 35.8 Å². The molecule has 0 saturated heterocycles. The SMILES string of the molecule is CC(C)c1noc2ncc(C(=O)Nc3ccc([N+](=O)[O-])c4ncccc34)cc12. The molecule has 9 nitrogen and oxygen atoms in total. The summed E-state index contributed by atoms with van der Waals surface area (Å²) in [6.07, 6.45) is 2.87. The van der Waals surface area contributed by atoms with E-state index >= 15 is 0 Å². The summed E-state index contributed by atoms with van der Waals surface area (Å²) >= 11 is 0. The van der Waals surface area contributed by atoms with E-state index in [4.69, 9.17) is 4.52 Å². The lowest BCUT2D eigenvalue weighted by molar-refractivity contribution is -0.383. The molecule has 1 amide bonds. The number of benzene rings is 1. The number of hydrogen-bond donors (Lipinski definition) is 1. The molecule has 1 aromatic carbocycles. The highest BCUT2D eigenvalue weighted by Gasteiger charge is 2.19. The number of aromatic nitrogens is 3. The van der Waals surface area contributed by atoms with Gasteiger partial charge in [-0.2, -0.15) is 0 Å². The van der Waals surface area contributed by atoms with Gasteiger partial charge in [0.2, 0.25) is 0 Å². The number of anilines is 1. The van der Waals surface area contributed by atoms with Gasteiger partial charge in [0.1, 0.15) is 5.52 Å². The van der Waals surface area contributed by atoms with Crippen molar-refractivity contribution < 1.29 is 14.2 Å². The predicted octanol–water partition coefficient (Wildman–Crippen LogP) is 4.05. The summed E-state index contributed by atoms with van der Waals surface area (Å²) in [6.45, 7) is 3.94. The molecule has 28 heavy (non-hydrogen) atoms. The molecule has 0 radical (unpaired) electrons. The Bertz CT molecular complexity index is 1230. The molecular formula is C19H15N5O4. The molecule has 0 saturated carbocycles. The van der Waals surface area contributed by atoms with Crippen LogP contribution >= 0.6 is 0 Å². The maximum atomic E-state index is 12.8. The number of nitro groups is 1. The van der Waals surface area contributed by atoms with Gasteiger partial charge in [-0.15, -0.1) is 0 Å². The number of fused-ring (bicyclic) bond motifs is 2. The monoisotopic (exact) mass is 377 g/mol. The van der Waals surface area contributed by atoms with Crippen molar-refractivity contribution in [3.05, 3.63) is 64.1 Å². The number of carbonyl (C=O) groups excluding carboxylic acids is 1. The van der Waals surface area contributed by atoms with Gasteiger partial charge in [0.25, 0.3) is 17.3 Å². The van der Waals surface area contributed by atoms with Crippen molar-refractivity contribution in [1.82, 2.24) is 15.1 Å². The number of nitro benzene ring substituents is 1. The molecule has 9 heteroatoms. The van der Waals surface area contributed by atoms with Crippen molar-refractivity contribution in [2.45, 2.75) is 19.8 Å². The fourth-order valence-corrected chi connectivity index (χ4v) is 3.00. The smallest absolute Gasteiger partial charge is 0.295 e. The lowest BCUT2D eigenvalue weighted by Crippen LogP contribution is -2.12. The van der Waals surface area contributed by atoms with Crippen molar-refractivity contribution in [2.75, 3.05) is 5.32 Å². The number of carbonyl (C=O) groups is 1.